The van der Waals surface area contributed by atoms with E-state index in [1.54, 1.807) is 11.8 Å². The highest BCUT2D eigenvalue weighted by Gasteiger charge is 2.45. The number of nitrogens with one attached hydrogen (secondary N) is 1. The number of rotatable bonds is 4. The fourth-order valence-electron chi connectivity index (χ4n) is 1.45. The second-order valence-electron chi connectivity index (χ2n) is 4.07. The van der Waals surface area contributed by atoms with Crippen molar-refractivity contribution < 1.29 is 4.79 Å². The number of anilines is 1. The van der Waals surface area contributed by atoms with Gasteiger partial charge < -0.3 is 11.1 Å². The summed E-state index contributed by atoms with van der Waals surface area (Å²) >= 11 is 1.76. The topological polar surface area (TPSA) is 55.1 Å². The maximum Gasteiger partial charge on any atom is 0.244 e. The molecule has 3 nitrogen and oxygen atoms in total. The summed E-state index contributed by atoms with van der Waals surface area (Å²) < 4.78 is 0. The Kier molecular flexibility index (Phi) is 4.86. The summed E-state index contributed by atoms with van der Waals surface area (Å²) in [5, 5.41) is 2.87. The number of carbonyl (C=O) groups excluding carboxylic acids is 1. The van der Waals surface area contributed by atoms with E-state index in [-0.39, 0.29) is 18.3 Å². The fourth-order valence-corrected chi connectivity index (χ4v) is 2.17. The molecule has 0 unspecified atom stereocenters. The first-order valence-electron chi connectivity index (χ1n) is 5.47. The normalized spacial score (nSPS) is 15.9. The van der Waals surface area contributed by atoms with Gasteiger partial charge in [-0.25, -0.2) is 0 Å². The van der Waals surface area contributed by atoms with Gasteiger partial charge in [0.2, 0.25) is 5.91 Å². The van der Waals surface area contributed by atoms with Gasteiger partial charge in [0.1, 0.15) is 0 Å². The molecule has 1 saturated carbocycles. The van der Waals surface area contributed by atoms with E-state index < -0.39 is 5.54 Å². The predicted octanol–water partition coefficient (Wildman–Crippen LogP) is 2.65. The van der Waals surface area contributed by atoms with Crippen molar-refractivity contribution in [3.05, 3.63) is 24.3 Å². The van der Waals surface area contributed by atoms with E-state index in [2.05, 4.69) is 12.2 Å². The Balaban J connectivity index is 0.00000144. The van der Waals surface area contributed by atoms with Crippen molar-refractivity contribution in [2.75, 3.05) is 11.1 Å². The van der Waals surface area contributed by atoms with E-state index in [0.717, 1.165) is 24.3 Å². The van der Waals surface area contributed by atoms with E-state index in [9.17, 15) is 4.79 Å². The van der Waals surface area contributed by atoms with Crippen LogP contribution < -0.4 is 11.1 Å². The van der Waals surface area contributed by atoms with Gasteiger partial charge in [-0.3, -0.25) is 4.79 Å². The highest BCUT2D eigenvalue weighted by atomic mass is 35.5. The minimum absolute atomic E-state index is 0. The average molecular weight is 273 g/mol. The molecule has 5 heteroatoms. The van der Waals surface area contributed by atoms with Crippen molar-refractivity contribution in [3.63, 3.8) is 0 Å². The van der Waals surface area contributed by atoms with Gasteiger partial charge in [0.05, 0.1) is 5.54 Å². The molecule has 17 heavy (non-hydrogen) atoms. The number of nitrogens with two attached hydrogens (primary N) is 1. The molecule has 1 fully saturated rings. The summed E-state index contributed by atoms with van der Waals surface area (Å²) in [5.74, 6) is 0.962. The van der Waals surface area contributed by atoms with Crippen molar-refractivity contribution in [2.24, 2.45) is 5.73 Å². The van der Waals surface area contributed by atoms with Gasteiger partial charge in [0, 0.05) is 10.6 Å². The van der Waals surface area contributed by atoms with Crippen LogP contribution in [0.1, 0.15) is 19.8 Å². The molecular formula is C12H17ClN2OS. The van der Waals surface area contributed by atoms with E-state index >= 15 is 0 Å². The Morgan fingerprint density at radius 2 is 2.24 bits per heavy atom. The van der Waals surface area contributed by atoms with Crippen molar-refractivity contribution in [1.29, 1.82) is 0 Å². The molecule has 0 aliphatic heterocycles. The van der Waals surface area contributed by atoms with Gasteiger partial charge in [-0.2, -0.15) is 0 Å². The zero-order valence-electron chi connectivity index (χ0n) is 9.73. The van der Waals surface area contributed by atoms with Crippen molar-refractivity contribution in [1.82, 2.24) is 0 Å². The van der Waals surface area contributed by atoms with Gasteiger partial charge in [0.25, 0.3) is 0 Å². The molecule has 1 amide bonds. The smallest absolute Gasteiger partial charge is 0.244 e. The van der Waals surface area contributed by atoms with Crippen LogP contribution in [-0.4, -0.2) is 17.2 Å². The zero-order valence-corrected chi connectivity index (χ0v) is 11.4. The average Bonchev–Trinajstić information content (AvgIpc) is 2.99. The van der Waals surface area contributed by atoms with Crippen molar-refractivity contribution in [2.45, 2.75) is 30.2 Å². The van der Waals surface area contributed by atoms with Gasteiger partial charge in [0.15, 0.2) is 0 Å². The molecule has 0 saturated heterocycles. The number of carbonyl (C=O) groups is 1. The molecule has 0 radical (unpaired) electrons. The van der Waals surface area contributed by atoms with Gasteiger partial charge >= 0.3 is 0 Å². The summed E-state index contributed by atoms with van der Waals surface area (Å²) in [4.78, 5) is 12.9. The molecule has 1 aromatic carbocycles. The largest absolute Gasteiger partial charge is 0.324 e. The van der Waals surface area contributed by atoms with E-state index in [1.807, 2.05) is 24.3 Å². The van der Waals surface area contributed by atoms with Crippen LogP contribution in [0.3, 0.4) is 0 Å². The van der Waals surface area contributed by atoms with Crippen LogP contribution in [0.5, 0.6) is 0 Å². The van der Waals surface area contributed by atoms with Crippen molar-refractivity contribution >= 4 is 35.8 Å². The Hall–Kier alpha value is -0.710. The number of amides is 1. The van der Waals surface area contributed by atoms with E-state index in [0.29, 0.717) is 0 Å². The van der Waals surface area contributed by atoms with Crippen LogP contribution >= 0.6 is 24.2 Å². The molecular weight excluding hydrogens is 256 g/mol. The maximum absolute atomic E-state index is 11.7. The number of thioether (sulfide) groups is 1. The second kappa shape index (κ2) is 5.76. The molecule has 94 valence electrons. The third-order valence-corrected chi connectivity index (χ3v) is 3.52. The molecule has 0 heterocycles. The third kappa shape index (κ3) is 3.63. The summed E-state index contributed by atoms with van der Waals surface area (Å²) in [7, 11) is 0. The zero-order chi connectivity index (χ0) is 11.6. The molecule has 0 atom stereocenters. The lowest BCUT2D eigenvalue weighted by molar-refractivity contribution is -0.118. The number of benzene rings is 1. The summed E-state index contributed by atoms with van der Waals surface area (Å²) in [6, 6.07) is 7.87. The van der Waals surface area contributed by atoms with Crippen LogP contribution in [0.25, 0.3) is 0 Å². The van der Waals surface area contributed by atoms with E-state index in [4.69, 9.17) is 5.73 Å². The molecule has 1 aromatic rings. The molecule has 0 bridgehead atoms. The second-order valence-corrected chi connectivity index (χ2v) is 5.41. The first-order valence-corrected chi connectivity index (χ1v) is 6.46. The molecule has 1 aliphatic rings. The number of halogens is 1. The van der Waals surface area contributed by atoms with Crippen LogP contribution in [-0.2, 0) is 4.79 Å². The molecule has 3 N–H and O–H groups in total. The minimum Gasteiger partial charge on any atom is -0.324 e. The lowest BCUT2D eigenvalue weighted by atomic mass is 10.2. The van der Waals surface area contributed by atoms with Gasteiger partial charge in [-0.05, 0) is 36.8 Å². The summed E-state index contributed by atoms with van der Waals surface area (Å²) in [6.07, 6.45) is 1.59. The lowest BCUT2D eigenvalue weighted by Crippen LogP contribution is -2.37. The van der Waals surface area contributed by atoms with E-state index in [1.165, 1.54) is 4.90 Å². The monoisotopic (exact) mass is 272 g/mol. The standard InChI is InChI=1S/C12H16N2OS.ClH/c1-2-16-10-5-3-4-9(8-10)14-11(15)12(13)6-7-12;/h3-5,8H,2,6-7,13H2,1H3,(H,14,15);1H. The highest BCUT2D eigenvalue weighted by Crippen LogP contribution is 2.33. The lowest BCUT2D eigenvalue weighted by Gasteiger charge is -2.10. The minimum atomic E-state index is -0.603. The molecule has 0 spiro atoms. The first kappa shape index (κ1) is 14.4. The Labute approximate surface area is 112 Å². The third-order valence-electron chi connectivity index (χ3n) is 2.64. The van der Waals surface area contributed by atoms with Crippen LogP contribution in [0.4, 0.5) is 5.69 Å². The van der Waals surface area contributed by atoms with Gasteiger partial charge in [-0.15, -0.1) is 24.2 Å². The molecule has 1 aliphatic carbocycles. The fraction of sp³-hybridized carbons (Fsp3) is 0.417. The Morgan fingerprint density at radius 3 is 2.82 bits per heavy atom. The maximum atomic E-state index is 11.7. The van der Waals surface area contributed by atoms with Crippen LogP contribution in [0, 0.1) is 0 Å². The van der Waals surface area contributed by atoms with Gasteiger partial charge in [-0.1, -0.05) is 13.0 Å². The number of hydrogen-bond acceptors (Lipinski definition) is 3. The SMILES string of the molecule is CCSc1cccc(NC(=O)C2(N)CC2)c1.Cl. The highest BCUT2D eigenvalue weighted by molar-refractivity contribution is 7.99. The Bertz CT molecular complexity index is 407. The molecule has 2 rings (SSSR count). The predicted molar refractivity (Wildman–Crippen MR) is 74.9 cm³/mol. The van der Waals surface area contributed by atoms with Crippen LogP contribution in [0.15, 0.2) is 29.2 Å². The molecule has 0 aromatic heterocycles. The summed E-state index contributed by atoms with van der Waals surface area (Å²) in [6.45, 7) is 2.11. The number of hydrogen-bond donors (Lipinski definition) is 2. The first-order chi connectivity index (χ1) is 7.64. The Morgan fingerprint density at radius 1 is 1.53 bits per heavy atom. The summed E-state index contributed by atoms with van der Waals surface area (Å²) in [5.41, 5.74) is 6.05. The van der Waals surface area contributed by atoms with Crippen LogP contribution in [0.2, 0.25) is 0 Å². The van der Waals surface area contributed by atoms with Crippen molar-refractivity contribution in [3.8, 4) is 0 Å². The quantitative estimate of drug-likeness (QED) is 0.829.